The second-order valence-electron chi connectivity index (χ2n) is 10.6. The Morgan fingerprint density at radius 2 is 0.780 bits per heavy atom. The number of hydrogen-bond donors (Lipinski definition) is 0. The first-order chi connectivity index (χ1) is 18.0. The van der Waals surface area contributed by atoms with E-state index < -0.39 is 8.07 Å². The van der Waals surface area contributed by atoms with Crippen LogP contribution < -0.4 is 67.0 Å². The Kier molecular flexibility index (Phi) is 12.9. The molecular weight excluding hydrogens is 627 g/mol. The SMILES string of the molecule is COc1cc(C)ccc1[Si](c1ccc(C)cc1OC)(c1ccc(C)cc1OC)[C]1([Ti+3])C(C)=C(C)C(C)=C1C.[Cl-].[Cl-].[Cl-]. The summed E-state index contributed by atoms with van der Waals surface area (Å²) in [5, 5.41) is 3.66. The number of halogens is 3. The van der Waals surface area contributed by atoms with Crippen LogP contribution in [0.25, 0.3) is 0 Å². The maximum absolute atomic E-state index is 6.22. The van der Waals surface area contributed by atoms with E-state index >= 15 is 0 Å². The summed E-state index contributed by atoms with van der Waals surface area (Å²) < 4.78 is 18.3. The third-order valence-electron chi connectivity index (χ3n) is 8.66. The molecule has 218 valence electrons. The Morgan fingerprint density at radius 1 is 0.512 bits per heavy atom. The van der Waals surface area contributed by atoms with Crippen molar-refractivity contribution < 1.29 is 71.9 Å². The number of benzene rings is 3. The van der Waals surface area contributed by atoms with Crippen LogP contribution in [0, 0.1) is 20.8 Å². The van der Waals surface area contributed by atoms with Crippen LogP contribution in [-0.2, 0) is 20.4 Å². The minimum absolute atomic E-state index is 0. The van der Waals surface area contributed by atoms with Crippen molar-refractivity contribution in [2.45, 2.75) is 51.8 Å². The molecule has 3 nitrogen and oxygen atoms in total. The molecular formula is C33H39Cl3O3SiTi. The van der Waals surface area contributed by atoms with Crippen molar-refractivity contribution in [3.05, 3.63) is 93.6 Å². The summed E-state index contributed by atoms with van der Waals surface area (Å²) in [4.78, 5) is 0. The van der Waals surface area contributed by atoms with E-state index in [0.29, 0.717) is 0 Å². The quantitative estimate of drug-likeness (QED) is 0.200. The van der Waals surface area contributed by atoms with Crippen molar-refractivity contribution in [3.8, 4) is 17.2 Å². The third-order valence-corrected chi connectivity index (χ3v) is 17.1. The normalized spacial score (nSPS) is 14.1. The van der Waals surface area contributed by atoms with Crippen LogP contribution in [0.3, 0.4) is 0 Å². The van der Waals surface area contributed by atoms with Crippen LogP contribution in [0.2, 0.25) is 3.34 Å². The van der Waals surface area contributed by atoms with Gasteiger partial charge in [0.15, 0.2) is 0 Å². The van der Waals surface area contributed by atoms with Gasteiger partial charge in [-0.25, -0.2) is 0 Å². The Morgan fingerprint density at radius 3 is 1.02 bits per heavy atom. The number of hydrogen-bond acceptors (Lipinski definition) is 3. The van der Waals surface area contributed by atoms with Gasteiger partial charge in [0.25, 0.3) is 0 Å². The van der Waals surface area contributed by atoms with Crippen LogP contribution in [0.4, 0.5) is 0 Å². The molecule has 0 fully saturated rings. The Hall–Kier alpha value is -1.66. The average molecular weight is 666 g/mol. The summed E-state index contributed by atoms with van der Waals surface area (Å²) in [6.45, 7) is 15.5. The number of ether oxygens (including phenoxy) is 3. The molecule has 1 aliphatic rings. The number of methoxy groups -OCH3 is 3. The summed E-state index contributed by atoms with van der Waals surface area (Å²) in [5.74, 6) is 2.72. The zero-order valence-corrected chi connectivity index (χ0v) is 30.4. The number of rotatable bonds is 7. The van der Waals surface area contributed by atoms with Gasteiger partial charge in [-0.15, -0.1) is 0 Å². The van der Waals surface area contributed by atoms with E-state index in [1.54, 1.807) is 21.3 Å². The Labute approximate surface area is 277 Å². The molecule has 0 atom stereocenters. The maximum atomic E-state index is 6.22. The fourth-order valence-electron chi connectivity index (χ4n) is 6.33. The molecule has 4 rings (SSSR count). The molecule has 0 amide bonds. The topological polar surface area (TPSA) is 27.7 Å². The first-order valence-corrected chi connectivity index (χ1v) is 15.8. The minimum Gasteiger partial charge on any atom is -1.00 e. The van der Waals surface area contributed by atoms with Crippen molar-refractivity contribution >= 4 is 23.6 Å². The monoisotopic (exact) mass is 664 g/mol. The summed E-state index contributed by atoms with van der Waals surface area (Å²) in [6, 6.07) is 20.1. The van der Waals surface area contributed by atoms with E-state index in [2.05, 4.69) is 123 Å². The molecule has 0 aromatic heterocycles. The molecule has 0 spiro atoms. The van der Waals surface area contributed by atoms with Gasteiger partial charge in [0.2, 0.25) is 0 Å². The standard InChI is InChI=1S/C33H39O3Si.3ClH.Ti/c1-20-11-14-30(27(17-20)34-8)37(31-15-12-21(2)18-28(31)35-9,32-16-13-22(3)19-29(32)36-10)33-25(6)23(4)24(5)26(33)7;;;;/h11-19H,1-10H3;3*1H;/q;;;;+3/p-3. The largest absolute Gasteiger partial charge is 1.00 e. The van der Waals surface area contributed by atoms with Crippen molar-refractivity contribution in [1.29, 1.82) is 0 Å². The van der Waals surface area contributed by atoms with E-state index in [4.69, 9.17) is 14.2 Å². The second kappa shape index (κ2) is 14.2. The van der Waals surface area contributed by atoms with Gasteiger partial charge in [-0.1, -0.05) is 0 Å². The van der Waals surface area contributed by atoms with Gasteiger partial charge < -0.3 is 37.2 Å². The summed E-state index contributed by atoms with van der Waals surface area (Å²) in [6.07, 6.45) is 0. The zero-order valence-electron chi connectivity index (χ0n) is 25.6. The van der Waals surface area contributed by atoms with Gasteiger partial charge in [0.05, 0.1) is 0 Å². The molecule has 0 heterocycles. The molecule has 0 saturated carbocycles. The van der Waals surface area contributed by atoms with E-state index in [9.17, 15) is 0 Å². The van der Waals surface area contributed by atoms with Crippen LogP contribution >= 0.6 is 0 Å². The predicted molar refractivity (Wildman–Crippen MR) is 157 cm³/mol. The molecule has 41 heavy (non-hydrogen) atoms. The molecule has 0 unspecified atom stereocenters. The number of aryl methyl sites for hydroxylation is 3. The molecule has 0 radical (unpaired) electrons. The Bertz CT molecular complexity index is 1330. The van der Waals surface area contributed by atoms with Gasteiger partial charge in [-0.3, -0.25) is 0 Å². The van der Waals surface area contributed by atoms with Crippen LogP contribution in [0.5, 0.6) is 17.2 Å². The van der Waals surface area contributed by atoms with Gasteiger partial charge in [0.1, 0.15) is 0 Å². The van der Waals surface area contributed by atoms with Crippen LogP contribution in [0.15, 0.2) is 76.9 Å². The molecule has 0 bridgehead atoms. The van der Waals surface area contributed by atoms with Crippen molar-refractivity contribution in [2.24, 2.45) is 0 Å². The molecule has 0 saturated heterocycles. The van der Waals surface area contributed by atoms with E-state index in [-0.39, 0.29) is 40.6 Å². The fraction of sp³-hybridized carbons (Fsp3) is 0.333. The zero-order chi connectivity index (χ0) is 28.0. The van der Waals surface area contributed by atoms with Crippen LogP contribution in [0.1, 0.15) is 44.4 Å². The molecule has 0 aliphatic heterocycles. The van der Waals surface area contributed by atoms with Crippen molar-refractivity contribution in [2.75, 3.05) is 21.3 Å². The second-order valence-corrected chi connectivity index (χ2v) is 16.4. The molecule has 3 aromatic rings. The summed E-state index contributed by atoms with van der Waals surface area (Å²) >= 11 is 2.45. The van der Waals surface area contributed by atoms with E-state index in [0.717, 1.165) is 17.2 Å². The first kappa shape index (κ1) is 37.4. The van der Waals surface area contributed by atoms with E-state index in [1.165, 1.54) is 54.5 Å². The minimum atomic E-state index is -3.08. The maximum Gasteiger partial charge on any atom is -1.00 e. The first-order valence-electron chi connectivity index (χ1n) is 13.1. The van der Waals surface area contributed by atoms with Gasteiger partial charge in [0, 0.05) is 0 Å². The van der Waals surface area contributed by atoms with Crippen molar-refractivity contribution in [1.82, 2.24) is 0 Å². The third kappa shape index (κ3) is 5.69. The molecule has 0 N–H and O–H groups in total. The molecule has 1 aliphatic carbocycles. The smallest absolute Gasteiger partial charge is 1.00 e. The summed E-state index contributed by atoms with van der Waals surface area (Å²) in [7, 11) is 2.28. The number of allylic oxidation sites excluding steroid dienone is 4. The Balaban J connectivity index is 0.00000280. The summed E-state index contributed by atoms with van der Waals surface area (Å²) in [5.41, 5.74) is 9.03. The fourth-order valence-corrected chi connectivity index (χ4v) is 15.0. The van der Waals surface area contributed by atoms with E-state index in [1.807, 2.05) is 0 Å². The van der Waals surface area contributed by atoms with Gasteiger partial charge in [-0.05, 0) is 0 Å². The molecule has 8 heteroatoms. The van der Waals surface area contributed by atoms with Crippen LogP contribution in [-0.4, -0.2) is 29.4 Å². The predicted octanol–water partition coefficient (Wildman–Crippen LogP) is -2.95. The molecule has 3 aromatic carbocycles. The van der Waals surface area contributed by atoms with Gasteiger partial charge in [-0.2, -0.15) is 0 Å². The van der Waals surface area contributed by atoms with Gasteiger partial charge >= 0.3 is 242 Å². The average Bonchev–Trinajstić information content (AvgIpc) is 3.06. The van der Waals surface area contributed by atoms with Crippen molar-refractivity contribution in [3.63, 3.8) is 0 Å².